The zero-order valence-electron chi connectivity index (χ0n) is 12.8. The first-order valence-corrected chi connectivity index (χ1v) is 6.77. The van der Waals surface area contributed by atoms with E-state index in [1.54, 1.807) is 5.32 Å². The van der Waals surface area contributed by atoms with Crippen molar-refractivity contribution in [2.24, 2.45) is 0 Å². The molecule has 0 saturated carbocycles. The Hall–Kier alpha value is -2.80. The van der Waals surface area contributed by atoms with Crippen molar-refractivity contribution < 1.29 is 39.5 Å². The number of alkyl halides is 9. The molecule has 5 nitrogen and oxygen atoms in total. The molecule has 0 radical (unpaired) electrons. The highest BCUT2D eigenvalue weighted by atomic mass is 19.4. The molecule has 2 aromatic rings. The van der Waals surface area contributed by atoms with Gasteiger partial charge in [0.05, 0.1) is 0 Å². The maximum absolute atomic E-state index is 13.0. The fraction of sp³-hybridized carbons (Fsp3) is 0.308. The van der Waals surface area contributed by atoms with Crippen LogP contribution in [0.5, 0.6) is 0 Å². The van der Waals surface area contributed by atoms with E-state index < -0.39 is 53.8 Å². The van der Waals surface area contributed by atoms with Gasteiger partial charge >= 0.3 is 18.5 Å². The predicted molar refractivity (Wildman–Crippen MR) is 74.2 cm³/mol. The Bertz CT molecular complexity index is 809. The molecule has 0 spiro atoms. The van der Waals surface area contributed by atoms with Crippen LogP contribution in [-0.4, -0.2) is 27.7 Å². The molecule has 0 aromatic carbocycles. The van der Waals surface area contributed by atoms with Crippen LogP contribution in [0, 0.1) is 0 Å². The molecule has 0 bridgehead atoms. The van der Waals surface area contributed by atoms with E-state index in [0.717, 1.165) is 6.07 Å². The highest BCUT2D eigenvalue weighted by Crippen LogP contribution is 2.37. The highest BCUT2D eigenvalue weighted by molar-refractivity contribution is 5.69. The molecule has 0 fully saturated rings. The van der Waals surface area contributed by atoms with E-state index in [1.165, 1.54) is 0 Å². The molecule has 0 unspecified atom stereocenters. The number of rotatable bonds is 3. The third kappa shape index (κ3) is 5.10. The molecule has 0 aliphatic heterocycles. The number of hydrogen-bond acceptors (Lipinski definition) is 5. The molecule has 0 saturated heterocycles. The Kier molecular flexibility index (Phi) is 5.12. The zero-order valence-corrected chi connectivity index (χ0v) is 12.8. The van der Waals surface area contributed by atoms with Crippen LogP contribution < -0.4 is 11.1 Å². The average molecular weight is 405 g/mol. The van der Waals surface area contributed by atoms with E-state index in [1.807, 2.05) is 0 Å². The summed E-state index contributed by atoms with van der Waals surface area (Å²) in [7, 11) is 0. The molecule has 2 rings (SSSR count). The lowest BCUT2D eigenvalue weighted by molar-refractivity contribution is -0.141. The monoisotopic (exact) mass is 405 g/mol. The molecule has 0 aliphatic rings. The van der Waals surface area contributed by atoms with Crippen molar-refractivity contribution in [2.45, 2.75) is 18.5 Å². The van der Waals surface area contributed by atoms with Crippen LogP contribution in [0.3, 0.4) is 0 Å². The number of aromatic nitrogens is 3. The molecule has 0 amide bonds. The molecule has 0 aliphatic carbocycles. The van der Waals surface area contributed by atoms with Crippen molar-refractivity contribution in [2.75, 3.05) is 17.6 Å². The third-order valence-electron chi connectivity index (χ3n) is 2.98. The number of nitrogens with two attached hydrogens (primary N) is 1. The molecule has 2 heterocycles. The third-order valence-corrected chi connectivity index (χ3v) is 2.98. The molecule has 3 N–H and O–H groups in total. The number of nitrogen functional groups attached to an aromatic ring is 1. The predicted octanol–water partition coefficient (Wildman–Crippen LogP) is 4.13. The van der Waals surface area contributed by atoms with Crippen LogP contribution in [0.25, 0.3) is 11.4 Å². The quantitative estimate of drug-likeness (QED) is 0.751. The van der Waals surface area contributed by atoms with Gasteiger partial charge in [0.25, 0.3) is 0 Å². The zero-order chi connectivity index (χ0) is 20.6. The van der Waals surface area contributed by atoms with E-state index in [9.17, 15) is 39.5 Å². The van der Waals surface area contributed by atoms with E-state index >= 15 is 0 Å². The van der Waals surface area contributed by atoms with Crippen LogP contribution in [-0.2, 0) is 12.4 Å². The summed E-state index contributed by atoms with van der Waals surface area (Å²) in [6, 6.07) is 1.19. The summed E-state index contributed by atoms with van der Waals surface area (Å²) >= 11 is 0. The summed E-state index contributed by atoms with van der Waals surface area (Å²) in [6.07, 6.45) is -14.2. The Balaban J connectivity index is 2.52. The first kappa shape index (κ1) is 20.5. The molecular weight excluding hydrogens is 397 g/mol. The van der Waals surface area contributed by atoms with Gasteiger partial charge in [-0.25, -0.2) is 9.97 Å². The van der Waals surface area contributed by atoms with Crippen LogP contribution in [0.1, 0.15) is 11.4 Å². The van der Waals surface area contributed by atoms with Crippen molar-refractivity contribution in [3.8, 4) is 11.4 Å². The van der Waals surface area contributed by atoms with Gasteiger partial charge in [-0.3, -0.25) is 4.98 Å². The van der Waals surface area contributed by atoms with Crippen molar-refractivity contribution in [1.82, 2.24) is 15.0 Å². The van der Waals surface area contributed by atoms with Crippen molar-refractivity contribution in [1.29, 1.82) is 0 Å². The molecule has 2 aromatic heterocycles. The minimum absolute atomic E-state index is 0.386. The van der Waals surface area contributed by atoms with E-state index in [-0.39, 0.29) is 5.56 Å². The second-order valence-corrected chi connectivity index (χ2v) is 5.05. The van der Waals surface area contributed by atoms with Gasteiger partial charge in [0, 0.05) is 11.8 Å². The van der Waals surface area contributed by atoms with Gasteiger partial charge < -0.3 is 11.1 Å². The summed E-state index contributed by atoms with van der Waals surface area (Å²) in [5.41, 5.74) is 0.553. The minimum Gasteiger partial charge on any atom is -0.394 e. The summed E-state index contributed by atoms with van der Waals surface area (Å²) in [6.45, 7) is -1.74. The SMILES string of the molecule is Nc1c(NCC(F)(F)F)nc(-c2ccc(C(F)(F)F)nc2)nc1C(F)(F)F. The van der Waals surface area contributed by atoms with Crippen molar-refractivity contribution in [3.63, 3.8) is 0 Å². The average Bonchev–Trinajstić information content (AvgIpc) is 2.51. The maximum atomic E-state index is 13.0. The number of nitrogens with zero attached hydrogens (tertiary/aromatic N) is 3. The summed E-state index contributed by atoms with van der Waals surface area (Å²) in [5.74, 6) is -1.77. The second kappa shape index (κ2) is 6.74. The highest BCUT2D eigenvalue weighted by Gasteiger charge is 2.38. The Morgan fingerprint density at radius 3 is 1.96 bits per heavy atom. The molecule has 148 valence electrons. The summed E-state index contributed by atoms with van der Waals surface area (Å²) < 4.78 is 113. The van der Waals surface area contributed by atoms with Crippen LogP contribution in [0.15, 0.2) is 18.3 Å². The van der Waals surface area contributed by atoms with Crippen LogP contribution in [0.4, 0.5) is 51.0 Å². The Morgan fingerprint density at radius 1 is 0.889 bits per heavy atom. The molecular formula is C13H8F9N5. The summed E-state index contributed by atoms with van der Waals surface area (Å²) in [4.78, 5) is 9.59. The summed E-state index contributed by atoms with van der Waals surface area (Å²) in [5, 5.41) is 1.61. The first-order valence-electron chi connectivity index (χ1n) is 6.77. The van der Waals surface area contributed by atoms with Crippen molar-refractivity contribution in [3.05, 3.63) is 29.7 Å². The minimum atomic E-state index is -5.14. The normalized spacial score (nSPS) is 12.9. The number of pyridine rings is 1. The van der Waals surface area contributed by atoms with Crippen molar-refractivity contribution >= 4 is 11.5 Å². The first-order chi connectivity index (χ1) is 12.2. The topological polar surface area (TPSA) is 76.7 Å². The fourth-order valence-corrected chi connectivity index (χ4v) is 1.83. The van der Waals surface area contributed by atoms with E-state index in [2.05, 4.69) is 15.0 Å². The van der Waals surface area contributed by atoms with Gasteiger partial charge in [-0.05, 0) is 12.1 Å². The number of hydrogen-bond donors (Lipinski definition) is 2. The van der Waals surface area contributed by atoms with Crippen LogP contribution in [0.2, 0.25) is 0 Å². The van der Waals surface area contributed by atoms with Gasteiger partial charge in [0.2, 0.25) is 0 Å². The largest absolute Gasteiger partial charge is 0.435 e. The van der Waals surface area contributed by atoms with Gasteiger partial charge in [-0.2, -0.15) is 39.5 Å². The second-order valence-electron chi connectivity index (χ2n) is 5.05. The van der Waals surface area contributed by atoms with E-state index in [4.69, 9.17) is 5.73 Å². The lowest BCUT2D eigenvalue weighted by Gasteiger charge is -2.16. The standard InChI is InChI=1S/C13H8F9N5/c14-11(15,16)4-25-10-7(23)8(13(20,21)22)26-9(27-10)5-1-2-6(24-3-5)12(17,18)19/h1-3H,4,23H2,(H,25,26,27). The molecule has 27 heavy (non-hydrogen) atoms. The van der Waals surface area contributed by atoms with Gasteiger partial charge in [0.15, 0.2) is 17.3 Å². The fourth-order valence-electron chi connectivity index (χ4n) is 1.83. The number of halogens is 9. The van der Waals surface area contributed by atoms with Gasteiger partial charge in [-0.1, -0.05) is 0 Å². The number of anilines is 2. The van der Waals surface area contributed by atoms with Gasteiger partial charge in [0.1, 0.15) is 17.9 Å². The Labute approximate surface area is 144 Å². The van der Waals surface area contributed by atoms with E-state index in [0.29, 0.717) is 12.3 Å². The molecule has 14 heteroatoms. The smallest absolute Gasteiger partial charge is 0.394 e. The number of nitrogens with one attached hydrogen (secondary N) is 1. The van der Waals surface area contributed by atoms with Crippen LogP contribution >= 0.6 is 0 Å². The lowest BCUT2D eigenvalue weighted by atomic mass is 10.2. The Morgan fingerprint density at radius 2 is 1.52 bits per heavy atom. The molecule has 0 atom stereocenters. The maximum Gasteiger partial charge on any atom is 0.435 e. The lowest BCUT2D eigenvalue weighted by Crippen LogP contribution is -2.24. The van der Waals surface area contributed by atoms with Gasteiger partial charge in [-0.15, -0.1) is 0 Å².